The lowest BCUT2D eigenvalue weighted by Gasteiger charge is -2.28. The van der Waals surface area contributed by atoms with Gasteiger partial charge in [0, 0.05) is 24.2 Å². The lowest BCUT2D eigenvalue weighted by Crippen LogP contribution is -2.36. The van der Waals surface area contributed by atoms with E-state index in [1.54, 1.807) is 35.4 Å². The molecule has 0 atom stereocenters. The van der Waals surface area contributed by atoms with E-state index in [1.807, 2.05) is 29.6 Å². The molecule has 0 saturated carbocycles. The summed E-state index contributed by atoms with van der Waals surface area (Å²) >= 11 is 1.37. The molecule has 32 heavy (non-hydrogen) atoms. The summed E-state index contributed by atoms with van der Waals surface area (Å²) in [5.41, 5.74) is 3.12. The summed E-state index contributed by atoms with van der Waals surface area (Å²) in [6, 6.07) is 18.3. The number of anilines is 1. The number of morpholine rings is 1. The predicted molar refractivity (Wildman–Crippen MR) is 124 cm³/mol. The van der Waals surface area contributed by atoms with Crippen molar-refractivity contribution in [3.05, 3.63) is 88.5 Å². The molecular weight excluding hydrogens is 427 g/mol. The summed E-state index contributed by atoms with van der Waals surface area (Å²) in [6.07, 6.45) is 3.38. The number of halogens is 1. The molecule has 0 radical (unpaired) electrons. The molecule has 0 N–H and O–H groups in total. The van der Waals surface area contributed by atoms with Gasteiger partial charge in [-0.05, 0) is 42.0 Å². The first-order valence-electron chi connectivity index (χ1n) is 10.3. The Balaban J connectivity index is 1.48. The third-order valence-corrected chi connectivity index (χ3v) is 5.94. The Labute approximate surface area is 188 Å². The van der Waals surface area contributed by atoms with Crippen LogP contribution in [0.1, 0.15) is 5.56 Å². The third-order valence-electron chi connectivity index (χ3n) is 5.12. The number of rotatable bonds is 5. The van der Waals surface area contributed by atoms with Crippen LogP contribution in [0.2, 0.25) is 0 Å². The largest absolute Gasteiger partial charge is 0.463 e. The predicted octanol–water partition coefficient (Wildman–Crippen LogP) is 4.90. The van der Waals surface area contributed by atoms with Crippen LogP contribution in [-0.4, -0.2) is 37.2 Å². The molecule has 1 saturated heterocycles. The van der Waals surface area contributed by atoms with Crippen molar-refractivity contribution in [3.8, 4) is 11.5 Å². The van der Waals surface area contributed by atoms with Crippen molar-refractivity contribution in [3.63, 3.8) is 0 Å². The summed E-state index contributed by atoms with van der Waals surface area (Å²) in [5.74, 6) is 0.283. The van der Waals surface area contributed by atoms with Gasteiger partial charge in [-0.1, -0.05) is 24.3 Å². The number of hydrogen-bond acceptors (Lipinski definition) is 6. The molecule has 1 aliphatic rings. The smallest absolute Gasteiger partial charge is 0.211 e. The third kappa shape index (κ3) is 4.42. The molecule has 162 valence electrons. The van der Waals surface area contributed by atoms with Gasteiger partial charge < -0.3 is 14.1 Å². The molecule has 0 unspecified atom stereocenters. The first-order valence-corrected chi connectivity index (χ1v) is 11.2. The van der Waals surface area contributed by atoms with E-state index in [0.717, 1.165) is 37.6 Å². The Hall–Kier alpha value is -3.49. The minimum atomic E-state index is -0.380. The quantitative estimate of drug-likeness (QED) is 0.408. The first kappa shape index (κ1) is 20.4. The summed E-state index contributed by atoms with van der Waals surface area (Å²) < 4.78 is 26.8. The van der Waals surface area contributed by atoms with Crippen molar-refractivity contribution in [2.45, 2.75) is 0 Å². The van der Waals surface area contributed by atoms with E-state index >= 15 is 0 Å². The zero-order valence-corrected chi connectivity index (χ0v) is 18.0. The van der Waals surface area contributed by atoms with Gasteiger partial charge in [0.25, 0.3) is 0 Å². The van der Waals surface area contributed by atoms with Gasteiger partial charge in [0.2, 0.25) is 4.80 Å². The average molecular weight is 449 g/mol. The molecule has 2 aromatic carbocycles. The Morgan fingerprint density at radius 2 is 1.78 bits per heavy atom. The van der Waals surface area contributed by atoms with Gasteiger partial charge in [0.1, 0.15) is 17.2 Å². The first-order chi connectivity index (χ1) is 15.8. The van der Waals surface area contributed by atoms with Gasteiger partial charge in [0.05, 0.1) is 25.7 Å². The lowest BCUT2D eigenvalue weighted by molar-refractivity contribution is 0.122. The number of nitrogens with zero attached hydrogens (tertiary/aromatic N) is 4. The van der Waals surface area contributed by atoms with E-state index in [4.69, 9.17) is 9.15 Å². The van der Waals surface area contributed by atoms with Crippen molar-refractivity contribution in [1.29, 1.82) is 0 Å². The van der Waals surface area contributed by atoms with Gasteiger partial charge in [0.15, 0.2) is 5.76 Å². The van der Waals surface area contributed by atoms with Gasteiger partial charge in [-0.2, -0.15) is 5.10 Å². The van der Waals surface area contributed by atoms with Gasteiger partial charge in [-0.15, -0.1) is 11.3 Å². The van der Waals surface area contributed by atoms with E-state index in [2.05, 4.69) is 27.1 Å². The number of hydrogen-bond donors (Lipinski definition) is 0. The minimum absolute atomic E-state index is 0.263. The molecule has 5 rings (SSSR count). The van der Waals surface area contributed by atoms with Crippen molar-refractivity contribution in [1.82, 2.24) is 4.68 Å². The summed E-state index contributed by atoms with van der Waals surface area (Å²) in [4.78, 5) is 7.34. The number of aromatic nitrogens is 1. The fraction of sp³-hybridized carbons (Fsp3) is 0.167. The fourth-order valence-corrected chi connectivity index (χ4v) is 4.28. The van der Waals surface area contributed by atoms with Crippen LogP contribution < -0.4 is 9.70 Å². The van der Waals surface area contributed by atoms with Crippen LogP contribution in [0.5, 0.6) is 0 Å². The van der Waals surface area contributed by atoms with Crippen molar-refractivity contribution in [2.24, 2.45) is 10.1 Å². The van der Waals surface area contributed by atoms with Crippen LogP contribution >= 0.6 is 11.3 Å². The molecule has 3 heterocycles. The summed E-state index contributed by atoms with van der Waals surface area (Å²) in [5, 5.41) is 6.55. The Morgan fingerprint density at radius 3 is 2.53 bits per heavy atom. The highest BCUT2D eigenvalue weighted by atomic mass is 32.1. The molecule has 1 fully saturated rings. The van der Waals surface area contributed by atoms with E-state index < -0.39 is 0 Å². The molecular formula is C24H21FN4O2S. The topological polar surface area (TPSA) is 55.3 Å². The molecule has 0 spiro atoms. The highest BCUT2D eigenvalue weighted by Gasteiger charge is 2.12. The van der Waals surface area contributed by atoms with E-state index in [9.17, 15) is 4.39 Å². The number of ether oxygens (including phenoxy) is 1. The highest BCUT2D eigenvalue weighted by Crippen LogP contribution is 2.22. The number of thiazole rings is 1. The normalized spacial score (nSPS) is 15.0. The molecule has 4 aromatic rings. The maximum atomic E-state index is 14.2. The molecule has 0 aliphatic carbocycles. The van der Waals surface area contributed by atoms with Gasteiger partial charge in [-0.25, -0.2) is 14.1 Å². The summed E-state index contributed by atoms with van der Waals surface area (Å²) in [7, 11) is 0. The van der Waals surface area contributed by atoms with Crippen LogP contribution in [-0.2, 0) is 4.74 Å². The van der Waals surface area contributed by atoms with E-state index in [0.29, 0.717) is 10.6 Å². The second-order valence-electron chi connectivity index (χ2n) is 7.19. The lowest BCUT2D eigenvalue weighted by atomic mass is 10.2. The van der Waals surface area contributed by atoms with Crippen LogP contribution in [0.15, 0.2) is 86.8 Å². The number of para-hydroxylation sites is 1. The molecule has 0 amide bonds. The van der Waals surface area contributed by atoms with Gasteiger partial charge >= 0.3 is 0 Å². The van der Waals surface area contributed by atoms with Crippen LogP contribution in [0.25, 0.3) is 11.5 Å². The van der Waals surface area contributed by atoms with Crippen LogP contribution in [0, 0.1) is 5.82 Å². The Bertz CT molecular complexity index is 1270. The molecule has 8 heteroatoms. The summed E-state index contributed by atoms with van der Waals surface area (Å²) in [6.45, 7) is 3.29. The number of furan rings is 1. The zero-order chi connectivity index (χ0) is 21.8. The molecule has 0 bridgehead atoms. The highest BCUT2D eigenvalue weighted by molar-refractivity contribution is 7.07. The van der Waals surface area contributed by atoms with Crippen molar-refractivity contribution >= 4 is 28.9 Å². The Morgan fingerprint density at radius 1 is 0.969 bits per heavy atom. The SMILES string of the molecule is Fc1ccccc1N=c1scc(-c2ccco2)n1N=Cc1ccc(N2CCOCC2)cc1. The van der Waals surface area contributed by atoms with Gasteiger partial charge in [-0.3, -0.25) is 0 Å². The maximum Gasteiger partial charge on any atom is 0.211 e. The molecule has 2 aromatic heterocycles. The minimum Gasteiger partial charge on any atom is -0.463 e. The zero-order valence-electron chi connectivity index (χ0n) is 17.2. The van der Waals surface area contributed by atoms with Crippen LogP contribution in [0.4, 0.5) is 15.8 Å². The second-order valence-corrected chi connectivity index (χ2v) is 8.03. The van der Waals surface area contributed by atoms with Crippen molar-refractivity contribution in [2.75, 3.05) is 31.2 Å². The van der Waals surface area contributed by atoms with Crippen LogP contribution in [0.3, 0.4) is 0 Å². The molecule has 6 nitrogen and oxygen atoms in total. The average Bonchev–Trinajstić information content (AvgIpc) is 3.50. The number of benzene rings is 2. The van der Waals surface area contributed by atoms with Crippen molar-refractivity contribution < 1.29 is 13.5 Å². The fourth-order valence-electron chi connectivity index (χ4n) is 3.45. The molecule has 1 aliphatic heterocycles. The Kier molecular flexibility index (Phi) is 5.96. The van der Waals surface area contributed by atoms with E-state index in [-0.39, 0.29) is 11.5 Å². The standard InChI is InChI=1S/C24H21FN4O2S/c25-20-4-1-2-5-21(20)27-24-29(22(17-32-24)23-6-3-13-31-23)26-16-18-7-9-19(10-8-18)28-11-14-30-15-12-28/h1-10,13,16-17H,11-12,14-15H2. The second kappa shape index (κ2) is 9.33. The maximum absolute atomic E-state index is 14.2. The van der Waals surface area contributed by atoms with E-state index in [1.165, 1.54) is 23.1 Å². The monoisotopic (exact) mass is 448 g/mol.